The number of hydrogen-bond donors (Lipinski definition) is 4. The third-order valence-corrected chi connectivity index (χ3v) is 7.35. The van der Waals surface area contributed by atoms with Gasteiger partial charge in [-0.15, -0.1) is 6.58 Å². The van der Waals surface area contributed by atoms with Crippen molar-refractivity contribution in [1.29, 1.82) is 0 Å². The molecular weight excluding hydrogens is 542 g/mol. The summed E-state index contributed by atoms with van der Waals surface area (Å²) in [6, 6.07) is 0. The number of ether oxygens (including phenoxy) is 2. The molecule has 0 amide bonds. The lowest BCUT2D eigenvalue weighted by molar-refractivity contribution is -0.182. The topological polar surface area (TPSA) is 200 Å². The molecule has 0 bridgehead atoms. The first-order valence-corrected chi connectivity index (χ1v) is 13.6. The molecule has 0 aliphatic carbocycles. The molecule has 1 aromatic heterocycles. The minimum Gasteiger partial charge on any atom is -0.461 e. The summed E-state index contributed by atoms with van der Waals surface area (Å²) in [4.78, 5) is 63.2. The second-order valence-corrected chi connectivity index (χ2v) is 11.1. The van der Waals surface area contributed by atoms with Crippen LogP contribution in [0.2, 0.25) is 0 Å². The lowest BCUT2D eigenvalue weighted by atomic mass is 9.79. The van der Waals surface area contributed by atoms with Gasteiger partial charge in [0.1, 0.15) is 18.3 Å². The van der Waals surface area contributed by atoms with Gasteiger partial charge in [0.15, 0.2) is 12.2 Å². The average molecular weight is 588 g/mol. The number of hydrogen-bond acceptors (Lipinski definition) is 11. The molecule has 234 valence electrons. The van der Waals surface area contributed by atoms with E-state index < -0.39 is 78.7 Å². The van der Waals surface area contributed by atoms with Gasteiger partial charge >= 0.3 is 29.0 Å². The minimum absolute atomic E-state index is 0.237. The fourth-order valence-corrected chi connectivity index (χ4v) is 3.85. The van der Waals surface area contributed by atoms with Crippen molar-refractivity contribution in [2.45, 2.75) is 117 Å². The number of esters is 2. The van der Waals surface area contributed by atoms with Gasteiger partial charge in [-0.2, -0.15) is 0 Å². The first-order valence-electron chi connectivity index (χ1n) is 13.6. The Hall–Kier alpha value is -3.07. The van der Waals surface area contributed by atoms with E-state index in [9.17, 15) is 44.4 Å². The maximum absolute atomic E-state index is 13.1. The first kappa shape index (κ1) is 36.0. The highest BCUT2D eigenvalue weighted by molar-refractivity contribution is 5.85. The number of carbonyl (C=O) groups is 2. The third-order valence-electron chi connectivity index (χ3n) is 7.35. The van der Waals surface area contributed by atoms with Crippen LogP contribution in [-0.2, 0) is 38.7 Å². The molecule has 0 fully saturated rings. The molecule has 41 heavy (non-hydrogen) atoms. The number of aliphatic hydroxyl groups excluding tert-OH is 4. The van der Waals surface area contributed by atoms with Crippen molar-refractivity contribution in [2.24, 2.45) is 5.41 Å². The van der Waals surface area contributed by atoms with Gasteiger partial charge in [-0.25, -0.2) is 37.7 Å². The normalized spacial score (nSPS) is 15.1. The molecule has 1 rings (SSSR count). The van der Waals surface area contributed by atoms with Crippen LogP contribution < -0.4 is 17.1 Å². The van der Waals surface area contributed by atoms with Crippen molar-refractivity contribution in [3.8, 4) is 0 Å². The molecule has 14 nitrogen and oxygen atoms in total. The Balaban J connectivity index is 3.12. The van der Waals surface area contributed by atoms with Crippen molar-refractivity contribution >= 4 is 11.9 Å². The summed E-state index contributed by atoms with van der Waals surface area (Å²) in [6.45, 7) is 12.1. The summed E-state index contributed by atoms with van der Waals surface area (Å²) in [6.07, 6.45) is -3.86. The van der Waals surface area contributed by atoms with E-state index in [2.05, 4.69) is 6.58 Å². The number of nitrogens with zero attached hydrogens (tertiary/aromatic N) is 3. The van der Waals surface area contributed by atoms with E-state index >= 15 is 0 Å². The van der Waals surface area contributed by atoms with Crippen LogP contribution >= 0.6 is 0 Å². The number of aliphatic hydroxyl groups is 4. The molecule has 4 N–H and O–H groups in total. The lowest BCUT2D eigenvalue weighted by Crippen LogP contribution is -2.56. The predicted molar refractivity (Wildman–Crippen MR) is 148 cm³/mol. The highest BCUT2D eigenvalue weighted by Gasteiger charge is 2.36. The number of allylic oxidation sites excluding steroid dienone is 1. The molecule has 0 aromatic carbocycles. The molecule has 1 heterocycles. The average Bonchev–Trinajstić information content (AvgIpc) is 2.93. The minimum atomic E-state index is -2.32. The van der Waals surface area contributed by atoms with Gasteiger partial charge in [0.2, 0.25) is 0 Å². The smallest absolute Gasteiger partial charge is 0.338 e. The van der Waals surface area contributed by atoms with E-state index in [4.69, 9.17) is 9.47 Å². The summed E-state index contributed by atoms with van der Waals surface area (Å²) in [5, 5.41) is 41.0. The van der Waals surface area contributed by atoms with Crippen LogP contribution in [0.1, 0.15) is 67.2 Å². The predicted octanol–water partition coefficient (Wildman–Crippen LogP) is -0.707. The van der Waals surface area contributed by atoms with Crippen LogP contribution in [0.25, 0.3) is 0 Å². The number of aromatic nitrogens is 3. The van der Waals surface area contributed by atoms with E-state index in [-0.39, 0.29) is 12.0 Å². The second-order valence-electron chi connectivity index (χ2n) is 11.1. The Morgan fingerprint density at radius 2 is 1.27 bits per heavy atom. The van der Waals surface area contributed by atoms with Crippen molar-refractivity contribution in [2.75, 3.05) is 6.61 Å². The van der Waals surface area contributed by atoms with Gasteiger partial charge in [-0.05, 0) is 32.1 Å². The molecule has 4 unspecified atom stereocenters. The fourth-order valence-electron chi connectivity index (χ4n) is 3.85. The molecule has 0 spiro atoms. The van der Waals surface area contributed by atoms with Crippen LogP contribution in [0.15, 0.2) is 27.0 Å². The quantitative estimate of drug-likeness (QED) is 0.133. The molecule has 0 saturated heterocycles. The lowest BCUT2D eigenvalue weighted by Gasteiger charge is -2.29. The van der Waals surface area contributed by atoms with Gasteiger partial charge in [0.25, 0.3) is 0 Å². The van der Waals surface area contributed by atoms with Crippen molar-refractivity contribution in [3.05, 3.63) is 44.1 Å². The van der Waals surface area contributed by atoms with Gasteiger partial charge in [-0.3, -0.25) is 0 Å². The van der Waals surface area contributed by atoms with Crippen molar-refractivity contribution in [3.63, 3.8) is 0 Å². The third kappa shape index (κ3) is 9.76. The van der Waals surface area contributed by atoms with E-state index in [1.54, 1.807) is 20.8 Å². The SMILES string of the molecule is C=CCn1c(=O)n(CC(O)COC(=O)C(O)C(O)C(=O)OC(C)(C)CC)c(=O)n(CC(O)CC(C)(CC)CC)c1=O. The highest BCUT2D eigenvalue weighted by Crippen LogP contribution is 2.31. The van der Waals surface area contributed by atoms with Crippen LogP contribution in [0.3, 0.4) is 0 Å². The Kier molecular flexibility index (Phi) is 13.4. The summed E-state index contributed by atoms with van der Waals surface area (Å²) < 4.78 is 11.8. The molecule has 14 heteroatoms. The number of carbonyl (C=O) groups excluding carboxylic acids is 2. The molecule has 0 radical (unpaired) electrons. The molecule has 0 saturated carbocycles. The maximum Gasteiger partial charge on any atom is 0.338 e. The zero-order chi connectivity index (χ0) is 31.7. The maximum atomic E-state index is 13.1. The van der Waals surface area contributed by atoms with E-state index in [1.165, 1.54) is 6.08 Å². The first-order chi connectivity index (χ1) is 19.0. The molecule has 0 aliphatic rings. The summed E-state index contributed by atoms with van der Waals surface area (Å²) in [5.74, 6) is -2.71. The van der Waals surface area contributed by atoms with Gasteiger partial charge in [0.05, 0.1) is 25.7 Å². The Bertz CT molecular complexity index is 1230. The van der Waals surface area contributed by atoms with Crippen molar-refractivity contribution in [1.82, 2.24) is 13.7 Å². The number of rotatable bonds is 17. The van der Waals surface area contributed by atoms with Crippen LogP contribution in [-0.4, -0.2) is 82.7 Å². The molecule has 1 aromatic rings. The van der Waals surface area contributed by atoms with Crippen LogP contribution in [0.5, 0.6) is 0 Å². The molecular formula is C27H45N3O11. The Labute approximate surface area is 238 Å². The van der Waals surface area contributed by atoms with Gasteiger partial charge in [0, 0.05) is 0 Å². The highest BCUT2D eigenvalue weighted by atomic mass is 16.6. The standard InChI is InChI=1S/C27H45N3O11/c1-8-12-28-23(37)29(14-17(31)13-27(7,10-3)11-4)25(39)30(24(28)38)15-18(32)16-40-21(35)19(33)20(34)22(36)41-26(5,6)9-2/h8,17-20,31-34H,1,9-16H2,2-7H3. The fraction of sp³-hybridized carbons (Fsp3) is 0.741. The van der Waals surface area contributed by atoms with E-state index in [0.717, 1.165) is 12.8 Å². The summed E-state index contributed by atoms with van der Waals surface area (Å²) in [7, 11) is 0. The van der Waals surface area contributed by atoms with E-state index in [0.29, 0.717) is 26.5 Å². The largest absolute Gasteiger partial charge is 0.461 e. The van der Waals surface area contributed by atoms with Crippen molar-refractivity contribution < 1.29 is 39.5 Å². The van der Waals surface area contributed by atoms with Gasteiger partial charge < -0.3 is 29.9 Å². The van der Waals surface area contributed by atoms with Crippen LogP contribution in [0, 0.1) is 5.41 Å². The van der Waals surface area contributed by atoms with Gasteiger partial charge in [-0.1, -0.05) is 46.6 Å². The van der Waals surface area contributed by atoms with Crippen LogP contribution in [0.4, 0.5) is 0 Å². The molecule has 0 aliphatic heterocycles. The molecule has 4 atom stereocenters. The second kappa shape index (κ2) is 15.2. The monoisotopic (exact) mass is 587 g/mol. The van der Waals surface area contributed by atoms with E-state index in [1.807, 2.05) is 20.8 Å². The zero-order valence-electron chi connectivity index (χ0n) is 24.7. The zero-order valence-corrected chi connectivity index (χ0v) is 24.7. The summed E-state index contributed by atoms with van der Waals surface area (Å²) >= 11 is 0. The Morgan fingerprint density at radius 1 is 0.805 bits per heavy atom. The summed E-state index contributed by atoms with van der Waals surface area (Å²) in [5.41, 5.74) is -4.29. The Morgan fingerprint density at radius 3 is 1.73 bits per heavy atom.